The molecule has 0 atom stereocenters. The van der Waals surface area contributed by atoms with E-state index in [9.17, 15) is 9.59 Å². The molecule has 0 spiro atoms. The second-order valence-electron chi connectivity index (χ2n) is 6.89. The van der Waals surface area contributed by atoms with E-state index in [0.717, 1.165) is 24.8 Å². The number of carbonyl (C=O) groups is 2. The van der Waals surface area contributed by atoms with Gasteiger partial charge in [0, 0.05) is 5.56 Å². The van der Waals surface area contributed by atoms with Crippen molar-refractivity contribution in [1.29, 1.82) is 0 Å². The third-order valence-corrected chi connectivity index (χ3v) is 4.98. The topological polar surface area (TPSA) is 64.6 Å². The van der Waals surface area contributed by atoms with Gasteiger partial charge in [-0.1, -0.05) is 55.7 Å². The van der Waals surface area contributed by atoms with Gasteiger partial charge in [-0.25, -0.2) is 4.79 Å². The monoisotopic (exact) mass is 367 g/mol. The van der Waals surface area contributed by atoms with Crippen LogP contribution in [0.15, 0.2) is 54.6 Å². The summed E-state index contributed by atoms with van der Waals surface area (Å²) in [7, 11) is 1.36. The molecular formula is C22H25NO4. The van der Waals surface area contributed by atoms with E-state index in [1.165, 1.54) is 7.11 Å². The normalized spacial score (nSPS) is 15.6. The van der Waals surface area contributed by atoms with Gasteiger partial charge in [0.25, 0.3) is 5.91 Å². The van der Waals surface area contributed by atoms with Gasteiger partial charge in [-0.2, -0.15) is 0 Å². The highest BCUT2D eigenvalue weighted by molar-refractivity contribution is 5.98. The standard InChI is InChI=1S/C22H25NO4/c1-26-21(25)22(13-6-3-7-14-22)23-20(24)18-11-8-12-19(15-18)27-16-17-9-4-2-5-10-17/h2,4-5,8-12,15H,3,6-7,13-14,16H2,1H3,(H,23,24). The van der Waals surface area contributed by atoms with Gasteiger partial charge in [-0.05, 0) is 36.6 Å². The molecule has 3 rings (SSSR count). The zero-order chi connectivity index (χ0) is 19.1. The van der Waals surface area contributed by atoms with E-state index in [2.05, 4.69) is 5.32 Å². The molecule has 1 N–H and O–H groups in total. The quantitative estimate of drug-likeness (QED) is 0.787. The lowest BCUT2D eigenvalue weighted by atomic mass is 9.81. The van der Waals surface area contributed by atoms with Gasteiger partial charge in [-0.15, -0.1) is 0 Å². The predicted octanol–water partition coefficient (Wildman–Crippen LogP) is 3.87. The lowest BCUT2D eigenvalue weighted by Gasteiger charge is -2.35. The van der Waals surface area contributed by atoms with Gasteiger partial charge in [0.1, 0.15) is 17.9 Å². The van der Waals surface area contributed by atoms with Crippen LogP contribution in [0, 0.1) is 0 Å². The van der Waals surface area contributed by atoms with Crippen LogP contribution in [0.5, 0.6) is 5.75 Å². The van der Waals surface area contributed by atoms with Gasteiger partial charge in [0.15, 0.2) is 0 Å². The minimum Gasteiger partial charge on any atom is -0.489 e. The fraction of sp³-hybridized carbons (Fsp3) is 0.364. The van der Waals surface area contributed by atoms with E-state index >= 15 is 0 Å². The Hall–Kier alpha value is -2.82. The fourth-order valence-electron chi connectivity index (χ4n) is 3.49. The number of carbonyl (C=O) groups excluding carboxylic acids is 2. The highest BCUT2D eigenvalue weighted by Gasteiger charge is 2.42. The molecule has 5 heteroatoms. The molecule has 0 bridgehead atoms. The number of esters is 1. The Bertz CT molecular complexity index is 782. The van der Waals surface area contributed by atoms with Crippen LogP contribution < -0.4 is 10.1 Å². The Morgan fingerprint density at radius 2 is 1.74 bits per heavy atom. The summed E-state index contributed by atoms with van der Waals surface area (Å²) >= 11 is 0. The zero-order valence-electron chi connectivity index (χ0n) is 15.6. The molecule has 0 aromatic heterocycles. The Labute approximate surface area is 159 Å². The van der Waals surface area contributed by atoms with Crippen molar-refractivity contribution in [2.45, 2.75) is 44.2 Å². The van der Waals surface area contributed by atoms with E-state index in [4.69, 9.17) is 9.47 Å². The third-order valence-electron chi connectivity index (χ3n) is 4.98. The first kappa shape index (κ1) is 19.0. The van der Waals surface area contributed by atoms with Crippen LogP contribution in [-0.4, -0.2) is 24.5 Å². The van der Waals surface area contributed by atoms with Gasteiger partial charge < -0.3 is 14.8 Å². The Balaban J connectivity index is 1.69. The Morgan fingerprint density at radius 1 is 1.00 bits per heavy atom. The van der Waals surface area contributed by atoms with Crippen molar-refractivity contribution in [3.05, 3.63) is 65.7 Å². The minimum absolute atomic E-state index is 0.285. The highest BCUT2D eigenvalue weighted by atomic mass is 16.5. The van der Waals surface area contributed by atoms with Crippen molar-refractivity contribution in [2.75, 3.05) is 7.11 Å². The minimum atomic E-state index is -0.926. The predicted molar refractivity (Wildman–Crippen MR) is 103 cm³/mol. The van der Waals surface area contributed by atoms with Crippen molar-refractivity contribution in [3.63, 3.8) is 0 Å². The highest BCUT2D eigenvalue weighted by Crippen LogP contribution is 2.30. The summed E-state index contributed by atoms with van der Waals surface area (Å²) in [6.45, 7) is 0.429. The van der Waals surface area contributed by atoms with E-state index < -0.39 is 5.54 Å². The molecule has 142 valence electrons. The molecule has 1 fully saturated rings. The van der Waals surface area contributed by atoms with Gasteiger partial charge in [0.05, 0.1) is 7.11 Å². The molecule has 2 aromatic rings. The van der Waals surface area contributed by atoms with Crippen LogP contribution in [-0.2, 0) is 16.1 Å². The summed E-state index contributed by atoms with van der Waals surface area (Å²) in [6, 6.07) is 16.9. The van der Waals surface area contributed by atoms with Crippen LogP contribution in [0.4, 0.5) is 0 Å². The number of hydrogen-bond donors (Lipinski definition) is 1. The molecule has 5 nitrogen and oxygen atoms in total. The van der Waals surface area contributed by atoms with Crippen molar-refractivity contribution >= 4 is 11.9 Å². The molecule has 0 aliphatic heterocycles. The molecule has 2 aromatic carbocycles. The van der Waals surface area contributed by atoms with Crippen LogP contribution >= 0.6 is 0 Å². The Kier molecular flexibility index (Phi) is 6.12. The third kappa shape index (κ3) is 4.67. The molecule has 0 heterocycles. The summed E-state index contributed by atoms with van der Waals surface area (Å²) in [4.78, 5) is 25.1. The first-order valence-electron chi connectivity index (χ1n) is 9.31. The summed E-state index contributed by atoms with van der Waals surface area (Å²) < 4.78 is 10.8. The molecule has 27 heavy (non-hydrogen) atoms. The average Bonchev–Trinajstić information content (AvgIpc) is 2.73. The first-order chi connectivity index (χ1) is 13.1. The molecule has 0 radical (unpaired) electrons. The maximum atomic E-state index is 12.8. The van der Waals surface area contributed by atoms with Crippen molar-refractivity contribution < 1.29 is 19.1 Å². The SMILES string of the molecule is COC(=O)C1(NC(=O)c2cccc(OCc3ccccc3)c2)CCCCC1. The molecular weight excluding hydrogens is 342 g/mol. The van der Waals surface area contributed by atoms with E-state index in [1.54, 1.807) is 18.2 Å². The zero-order valence-corrected chi connectivity index (χ0v) is 15.6. The lowest BCUT2D eigenvalue weighted by Crippen LogP contribution is -2.56. The first-order valence-corrected chi connectivity index (χ1v) is 9.31. The van der Waals surface area contributed by atoms with E-state index in [0.29, 0.717) is 30.8 Å². The van der Waals surface area contributed by atoms with Crippen molar-refractivity contribution in [1.82, 2.24) is 5.32 Å². The average molecular weight is 367 g/mol. The van der Waals surface area contributed by atoms with E-state index in [-0.39, 0.29) is 11.9 Å². The number of nitrogens with one attached hydrogen (secondary N) is 1. The number of ether oxygens (including phenoxy) is 2. The second-order valence-corrected chi connectivity index (χ2v) is 6.89. The maximum absolute atomic E-state index is 12.8. The van der Waals surface area contributed by atoms with Crippen LogP contribution in [0.1, 0.15) is 48.0 Å². The number of amides is 1. The van der Waals surface area contributed by atoms with E-state index in [1.807, 2.05) is 36.4 Å². The number of hydrogen-bond acceptors (Lipinski definition) is 4. The van der Waals surface area contributed by atoms with Gasteiger partial charge >= 0.3 is 5.97 Å². The second kappa shape index (κ2) is 8.71. The van der Waals surface area contributed by atoms with Gasteiger partial charge in [0.2, 0.25) is 0 Å². The molecule has 1 saturated carbocycles. The molecule has 1 amide bonds. The number of benzene rings is 2. The Morgan fingerprint density at radius 3 is 2.44 bits per heavy atom. The summed E-state index contributed by atoms with van der Waals surface area (Å²) in [5.41, 5.74) is 0.596. The summed E-state index contributed by atoms with van der Waals surface area (Å²) in [5, 5.41) is 2.93. The maximum Gasteiger partial charge on any atom is 0.331 e. The van der Waals surface area contributed by atoms with Gasteiger partial charge in [-0.3, -0.25) is 4.79 Å². The molecule has 0 saturated heterocycles. The van der Waals surface area contributed by atoms with Crippen LogP contribution in [0.3, 0.4) is 0 Å². The van der Waals surface area contributed by atoms with Crippen LogP contribution in [0.25, 0.3) is 0 Å². The van der Waals surface area contributed by atoms with Crippen LogP contribution in [0.2, 0.25) is 0 Å². The van der Waals surface area contributed by atoms with Crippen molar-refractivity contribution in [3.8, 4) is 5.75 Å². The summed E-state index contributed by atoms with van der Waals surface area (Å²) in [6.07, 6.45) is 4.08. The number of methoxy groups -OCH3 is 1. The molecule has 1 aliphatic rings. The van der Waals surface area contributed by atoms with Crippen molar-refractivity contribution in [2.24, 2.45) is 0 Å². The smallest absolute Gasteiger partial charge is 0.331 e. The largest absolute Gasteiger partial charge is 0.489 e. The molecule has 0 unspecified atom stereocenters. The fourth-order valence-corrected chi connectivity index (χ4v) is 3.49. The summed E-state index contributed by atoms with van der Waals surface area (Å²) in [5.74, 6) is -0.0400. The lowest BCUT2D eigenvalue weighted by molar-refractivity contribution is -0.149. The molecule has 1 aliphatic carbocycles. The number of rotatable bonds is 6.